The Kier molecular flexibility index (Phi) is 6.55. The van der Waals surface area contributed by atoms with Crippen LogP contribution in [0.2, 0.25) is 6.04 Å². The Morgan fingerprint density at radius 3 is 2.77 bits per heavy atom. The van der Waals surface area contributed by atoms with Gasteiger partial charge in [-0.25, -0.2) is 0 Å². The Morgan fingerprint density at radius 2 is 2.23 bits per heavy atom. The number of halogens is 1. The molecule has 0 aromatic carbocycles. The molecule has 0 spiro atoms. The highest BCUT2D eigenvalue weighted by Crippen LogP contribution is 2.37. The molecule has 0 radical (unpaired) electrons. The van der Waals surface area contributed by atoms with Crippen LogP contribution >= 0.6 is 11.6 Å². The fraction of sp³-hybridized carbons (Fsp3) is 0.882. The molecule has 3 nitrogen and oxygen atoms in total. The zero-order valence-corrected chi connectivity index (χ0v) is 16.2. The average molecular weight is 347 g/mol. The summed E-state index contributed by atoms with van der Waals surface area (Å²) in [6.07, 6.45) is 8.11. The summed E-state index contributed by atoms with van der Waals surface area (Å²) in [5.41, 5.74) is 1.26. The Balaban J connectivity index is 1.95. The van der Waals surface area contributed by atoms with Crippen LogP contribution in [0.3, 0.4) is 0 Å². The van der Waals surface area contributed by atoms with Crippen LogP contribution in [-0.4, -0.2) is 33.0 Å². The normalized spacial score (nSPS) is 35.2. The monoisotopic (exact) mass is 346 g/mol. The predicted molar refractivity (Wildman–Crippen MR) is 93.3 cm³/mol. The lowest BCUT2D eigenvalue weighted by atomic mass is 9.88. The lowest BCUT2D eigenvalue weighted by Gasteiger charge is -2.45. The third-order valence-electron chi connectivity index (χ3n) is 4.60. The first-order chi connectivity index (χ1) is 10.4. The van der Waals surface area contributed by atoms with Crippen LogP contribution in [0.15, 0.2) is 11.6 Å². The lowest BCUT2D eigenvalue weighted by Crippen LogP contribution is -2.58. The number of hydrogen-bond donors (Lipinski definition) is 0. The second-order valence-corrected chi connectivity index (χ2v) is 10.1. The summed E-state index contributed by atoms with van der Waals surface area (Å²) >= 11 is 5.92. The molecular formula is C17H31ClO3Si. The standard InChI is InChI=1S/C17H31ClO3Si/c1-5-19-22(20-14(2)12-17(3,4)21-22)11-10-15-6-8-16(13-18)9-7-15/h8,14-15H,5-7,9-13H2,1-4H3. The van der Waals surface area contributed by atoms with Gasteiger partial charge in [0.05, 0.1) is 5.60 Å². The van der Waals surface area contributed by atoms with Crippen molar-refractivity contribution in [1.29, 1.82) is 0 Å². The molecule has 0 N–H and O–H groups in total. The minimum Gasteiger partial charge on any atom is -0.374 e. The van der Waals surface area contributed by atoms with Crippen LogP contribution in [0.4, 0.5) is 0 Å². The van der Waals surface area contributed by atoms with Gasteiger partial charge in [0.25, 0.3) is 0 Å². The molecule has 3 atom stereocenters. The minimum absolute atomic E-state index is 0.142. The molecule has 2 aliphatic rings. The van der Waals surface area contributed by atoms with Crippen LogP contribution in [0.5, 0.6) is 0 Å². The molecule has 3 unspecified atom stereocenters. The van der Waals surface area contributed by atoms with E-state index >= 15 is 0 Å². The van der Waals surface area contributed by atoms with Crippen molar-refractivity contribution in [3.05, 3.63) is 11.6 Å². The van der Waals surface area contributed by atoms with Crippen molar-refractivity contribution in [3.63, 3.8) is 0 Å². The largest absolute Gasteiger partial charge is 0.501 e. The molecule has 1 fully saturated rings. The minimum atomic E-state index is -2.54. The van der Waals surface area contributed by atoms with Gasteiger partial charge >= 0.3 is 8.80 Å². The van der Waals surface area contributed by atoms with Crippen molar-refractivity contribution in [2.45, 2.75) is 77.5 Å². The van der Waals surface area contributed by atoms with Gasteiger partial charge in [-0.2, -0.15) is 0 Å². The van der Waals surface area contributed by atoms with Crippen molar-refractivity contribution < 1.29 is 13.3 Å². The van der Waals surface area contributed by atoms with Crippen molar-refractivity contribution in [3.8, 4) is 0 Å². The van der Waals surface area contributed by atoms with E-state index < -0.39 is 8.80 Å². The molecule has 0 amide bonds. The molecule has 0 saturated carbocycles. The van der Waals surface area contributed by atoms with E-state index in [0.29, 0.717) is 18.4 Å². The molecule has 128 valence electrons. The quantitative estimate of drug-likeness (QED) is 0.388. The summed E-state index contributed by atoms with van der Waals surface area (Å²) in [5, 5.41) is 0. The van der Waals surface area contributed by atoms with E-state index in [-0.39, 0.29) is 11.7 Å². The third kappa shape index (κ3) is 5.07. The van der Waals surface area contributed by atoms with Gasteiger partial charge in [-0.05, 0) is 65.7 Å². The van der Waals surface area contributed by atoms with Crippen LogP contribution in [0, 0.1) is 5.92 Å². The van der Waals surface area contributed by atoms with E-state index in [1.165, 1.54) is 12.0 Å². The number of hydrogen-bond acceptors (Lipinski definition) is 3. The van der Waals surface area contributed by atoms with Crippen LogP contribution < -0.4 is 0 Å². The Hall–Kier alpha value is 0.127. The zero-order chi connectivity index (χ0) is 16.2. The SMILES string of the molecule is CCO[Si]1(CCC2CC=C(CCl)CC2)OC(C)CC(C)(C)O1. The van der Waals surface area contributed by atoms with E-state index in [2.05, 4.69) is 26.8 Å². The first-order valence-electron chi connectivity index (χ1n) is 8.64. The number of allylic oxidation sites excluding steroid dienone is 2. The molecular weight excluding hydrogens is 316 g/mol. The van der Waals surface area contributed by atoms with Crippen molar-refractivity contribution in [2.75, 3.05) is 12.5 Å². The number of alkyl halides is 1. The summed E-state index contributed by atoms with van der Waals surface area (Å²) in [6, 6.07) is 0.934. The van der Waals surface area contributed by atoms with Gasteiger partial charge in [0, 0.05) is 24.6 Å². The summed E-state index contributed by atoms with van der Waals surface area (Å²) in [7, 11) is -2.54. The van der Waals surface area contributed by atoms with E-state index in [4.69, 9.17) is 24.9 Å². The van der Waals surface area contributed by atoms with Gasteiger partial charge in [-0.3, -0.25) is 0 Å². The number of rotatable bonds is 6. The Morgan fingerprint density at radius 1 is 1.45 bits per heavy atom. The fourth-order valence-corrected chi connectivity index (χ4v) is 7.31. The van der Waals surface area contributed by atoms with E-state index in [0.717, 1.165) is 31.7 Å². The summed E-state index contributed by atoms with van der Waals surface area (Å²) in [6.45, 7) is 9.15. The summed E-state index contributed by atoms with van der Waals surface area (Å²) in [4.78, 5) is 0. The highest BCUT2D eigenvalue weighted by Gasteiger charge is 2.50. The Bertz CT molecular complexity index is 399. The zero-order valence-electron chi connectivity index (χ0n) is 14.5. The topological polar surface area (TPSA) is 27.7 Å². The predicted octanol–water partition coefficient (Wildman–Crippen LogP) is 4.92. The maximum Gasteiger partial charge on any atom is 0.501 e. The van der Waals surface area contributed by atoms with E-state index in [1.807, 2.05) is 6.92 Å². The highest BCUT2D eigenvalue weighted by atomic mass is 35.5. The third-order valence-corrected chi connectivity index (χ3v) is 8.20. The molecule has 5 heteroatoms. The molecule has 0 aromatic rings. The molecule has 0 bridgehead atoms. The molecule has 0 aromatic heterocycles. The second kappa shape index (κ2) is 7.80. The van der Waals surface area contributed by atoms with Crippen molar-refractivity contribution >= 4 is 20.4 Å². The highest BCUT2D eigenvalue weighted by molar-refractivity contribution is 6.61. The molecule has 1 saturated heterocycles. The molecule has 2 rings (SSSR count). The smallest absolute Gasteiger partial charge is 0.374 e. The molecule has 1 heterocycles. The summed E-state index contributed by atoms with van der Waals surface area (Å²) < 4.78 is 18.7. The van der Waals surface area contributed by atoms with Gasteiger partial charge in [0.1, 0.15) is 0 Å². The van der Waals surface area contributed by atoms with Gasteiger partial charge in [-0.1, -0.05) is 11.6 Å². The first-order valence-corrected chi connectivity index (χ1v) is 11.1. The van der Waals surface area contributed by atoms with Crippen LogP contribution in [-0.2, 0) is 13.3 Å². The van der Waals surface area contributed by atoms with Gasteiger partial charge in [-0.15, -0.1) is 11.6 Å². The molecule has 22 heavy (non-hydrogen) atoms. The second-order valence-electron chi connectivity index (χ2n) is 7.29. The lowest BCUT2D eigenvalue weighted by molar-refractivity contribution is -0.0902. The first kappa shape index (κ1) is 18.5. The van der Waals surface area contributed by atoms with E-state index in [1.54, 1.807) is 0 Å². The van der Waals surface area contributed by atoms with E-state index in [9.17, 15) is 0 Å². The fourth-order valence-electron chi connectivity index (χ4n) is 3.70. The average Bonchev–Trinajstić information content (AvgIpc) is 2.44. The van der Waals surface area contributed by atoms with Crippen LogP contribution in [0.25, 0.3) is 0 Å². The van der Waals surface area contributed by atoms with Gasteiger partial charge < -0.3 is 13.3 Å². The maximum absolute atomic E-state index is 6.36. The van der Waals surface area contributed by atoms with Crippen LogP contribution in [0.1, 0.15) is 59.8 Å². The van der Waals surface area contributed by atoms with Crippen molar-refractivity contribution in [2.24, 2.45) is 5.92 Å². The maximum atomic E-state index is 6.36. The molecule has 1 aliphatic heterocycles. The van der Waals surface area contributed by atoms with Gasteiger partial charge in [0.15, 0.2) is 0 Å². The van der Waals surface area contributed by atoms with Gasteiger partial charge in [0.2, 0.25) is 0 Å². The molecule has 1 aliphatic carbocycles. The Labute approximate surface area is 141 Å². The summed E-state index contributed by atoms with van der Waals surface area (Å²) in [5.74, 6) is 1.40. The van der Waals surface area contributed by atoms with Crippen molar-refractivity contribution in [1.82, 2.24) is 0 Å².